The Balaban J connectivity index is 2.35. The zero-order chi connectivity index (χ0) is 11.7. The first-order valence-corrected chi connectivity index (χ1v) is 6.07. The average Bonchev–Trinajstić information content (AvgIpc) is 2.57. The monoisotopic (exact) mass is 217 g/mol. The highest BCUT2D eigenvalue weighted by Gasteiger charge is 2.28. The van der Waals surface area contributed by atoms with E-state index in [1.807, 2.05) is 6.92 Å². The van der Waals surface area contributed by atoms with E-state index < -0.39 is 0 Å². The van der Waals surface area contributed by atoms with Crippen LogP contribution in [0.3, 0.4) is 0 Å². The zero-order valence-electron chi connectivity index (χ0n) is 10.3. The molecule has 0 aromatic carbocycles. The fourth-order valence-corrected chi connectivity index (χ4v) is 2.62. The van der Waals surface area contributed by atoms with Gasteiger partial charge in [0, 0.05) is 5.69 Å². The molecule has 1 aromatic rings. The first kappa shape index (κ1) is 11.2. The van der Waals surface area contributed by atoms with Crippen molar-refractivity contribution >= 4 is 0 Å². The van der Waals surface area contributed by atoms with E-state index in [0.717, 1.165) is 18.5 Å². The molecule has 86 valence electrons. The van der Waals surface area contributed by atoms with Crippen LogP contribution in [0, 0.1) is 38.0 Å². The minimum atomic E-state index is 0.145. The molecule has 0 N–H and O–H groups in total. The van der Waals surface area contributed by atoms with Gasteiger partial charge in [0.2, 0.25) is 0 Å². The van der Waals surface area contributed by atoms with Gasteiger partial charge < -0.3 is 0 Å². The summed E-state index contributed by atoms with van der Waals surface area (Å²) in [4.78, 5) is 0. The Labute approximate surface area is 97.1 Å². The Morgan fingerprint density at radius 3 is 2.50 bits per heavy atom. The molecular formula is C13H19N3. The summed E-state index contributed by atoms with van der Waals surface area (Å²) in [7, 11) is 0. The lowest BCUT2D eigenvalue weighted by Crippen LogP contribution is -2.24. The number of nitrogens with zero attached hydrogens (tertiary/aromatic N) is 3. The smallest absolute Gasteiger partial charge is 0.0687 e. The molecular weight excluding hydrogens is 198 g/mol. The van der Waals surface area contributed by atoms with Gasteiger partial charge in [-0.3, -0.25) is 4.68 Å². The summed E-state index contributed by atoms with van der Waals surface area (Å²) in [5, 5.41) is 13.8. The molecule has 16 heavy (non-hydrogen) atoms. The van der Waals surface area contributed by atoms with Crippen molar-refractivity contribution in [2.75, 3.05) is 0 Å². The summed E-state index contributed by atoms with van der Waals surface area (Å²) in [5.41, 5.74) is 3.59. The fourth-order valence-electron chi connectivity index (χ4n) is 2.62. The van der Waals surface area contributed by atoms with Crippen LogP contribution in [0.4, 0.5) is 0 Å². The molecule has 2 unspecified atom stereocenters. The van der Waals surface area contributed by atoms with Gasteiger partial charge in [0.15, 0.2) is 0 Å². The Morgan fingerprint density at radius 2 is 1.94 bits per heavy atom. The lowest BCUT2D eigenvalue weighted by atomic mass is 9.85. The van der Waals surface area contributed by atoms with Crippen molar-refractivity contribution in [2.45, 2.75) is 52.5 Å². The first-order chi connectivity index (χ1) is 7.65. The maximum Gasteiger partial charge on any atom is 0.0687 e. The third-order valence-electron chi connectivity index (χ3n) is 3.90. The summed E-state index contributed by atoms with van der Waals surface area (Å²) in [6.07, 6.45) is 4.53. The van der Waals surface area contributed by atoms with E-state index in [4.69, 9.17) is 0 Å². The highest BCUT2D eigenvalue weighted by atomic mass is 15.3. The Kier molecular flexibility index (Phi) is 3.00. The van der Waals surface area contributed by atoms with Crippen molar-refractivity contribution in [1.29, 1.82) is 5.26 Å². The Bertz CT molecular complexity index is 425. The molecule has 1 fully saturated rings. The molecule has 1 saturated carbocycles. The van der Waals surface area contributed by atoms with Crippen LogP contribution in [0.25, 0.3) is 0 Å². The van der Waals surface area contributed by atoms with Crippen molar-refractivity contribution in [1.82, 2.24) is 9.78 Å². The Hall–Kier alpha value is -1.30. The predicted octanol–water partition coefficient (Wildman–Crippen LogP) is 3.06. The number of aryl methyl sites for hydroxylation is 1. The number of nitriles is 1. The van der Waals surface area contributed by atoms with Crippen LogP contribution in [-0.2, 0) is 0 Å². The highest BCUT2D eigenvalue weighted by molar-refractivity contribution is 5.23. The van der Waals surface area contributed by atoms with Crippen molar-refractivity contribution in [3.8, 4) is 6.07 Å². The highest BCUT2D eigenvalue weighted by Crippen LogP contribution is 2.34. The van der Waals surface area contributed by atoms with E-state index in [2.05, 4.69) is 29.7 Å². The van der Waals surface area contributed by atoms with Crippen molar-refractivity contribution in [3.63, 3.8) is 0 Å². The van der Waals surface area contributed by atoms with Crippen LogP contribution >= 0.6 is 0 Å². The fraction of sp³-hybridized carbons (Fsp3) is 0.692. The third-order valence-corrected chi connectivity index (χ3v) is 3.90. The topological polar surface area (TPSA) is 41.6 Å². The maximum absolute atomic E-state index is 9.20. The van der Waals surface area contributed by atoms with Gasteiger partial charge in [-0.15, -0.1) is 0 Å². The normalized spacial score (nSPS) is 25.4. The van der Waals surface area contributed by atoms with Gasteiger partial charge in [-0.1, -0.05) is 12.8 Å². The summed E-state index contributed by atoms with van der Waals surface area (Å²) >= 11 is 0. The van der Waals surface area contributed by atoms with E-state index >= 15 is 0 Å². The molecule has 1 heterocycles. The molecule has 3 nitrogen and oxygen atoms in total. The SMILES string of the molecule is Cc1nn(C2CCCCC2C#N)c(C)c1C. The van der Waals surface area contributed by atoms with Gasteiger partial charge in [0.1, 0.15) is 0 Å². The predicted molar refractivity (Wildman–Crippen MR) is 63.0 cm³/mol. The van der Waals surface area contributed by atoms with Gasteiger partial charge in [-0.2, -0.15) is 10.4 Å². The molecule has 2 atom stereocenters. The van der Waals surface area contributed by atoms with E-state index in [0.29, 0.717) is 6.04 Å². The molecule has 1 aromatic heterocycles. The van der Waals surface area contributed by atoms with E-state index in [1.54, 1.807) is 0 Å². The van der Waals surface area contributed by atoms with Gasteiger partial charge in [0.25, 0.3) is 0 Å². The second-order valence-corrected chi connectivity index (χ2v) is 4.83. The standard InChI is InChI=1S/C13H19N3/c1-9-10(2)15-16(11(9)3)13-7-5-4-6-12(13)8-14/h12-13H,4-7H2,1-3H3. The number of rotatable bonds is 1. The van der Waals surface area contributed by atoms with E-state index in [9.17, 15) is 5.26 Å². The molecule has 1 aliphatic rings. The second-order valence-electron chi connectivity index (χ2n) is 4.83. The van der Waals surface area contributed by atoms with E-state index in [-0.39, 0.29) is 5.92 Å². The Morgan fingerprint density at radius 1 is 1.25 bits per heavy atom. The minimum absolute atomic E-state index is 0.145. The van der Waals surface area contributed by atoms with Crippen molar-refractivity contribution in [2.24, 2.45) is 5.92 Å². The number of hydrogen-bond donors (Lipinski definition) is 0. The number of aromatic nitrogens is 2. The lowest BCUT2D eigenvalue weighted by molar-refractivity contribution is 0.266. The van der Waals surface area contributed by atoms with Crippen LogP contribution < -0.4 is 0 Å². The van der Waals surface area contributed by atoms with Crippen LogP contribution in [0.1, 0.15) is 48.7 Å². The minimum Gasteiger partial charge on any atom is -0.265 e. The molecule has 0 radical (unpaired) electrons. The molecule has 0 bridgehead atoms. The first-order valence-electron chi connectivity index (χ1n) is 6.07. The summed E-state index contributed by atoms with van der Waals surface area (Å²) < 4.78 is 2.09. The molecule has 2 rings (SSSR count). The third kappa shape index (κ3) is 1.73. The zero-order valence-corrected chi connectivity index (χ0v) is 10.3. The van der Waals surface area contributed by atoms with Gasteiger partial charge in [-0.25, -0.2) is 0 Å². The van der Waals surface area contributed by atoms with Crippen LogP contribution in [0.2, 0.25) is 0 Å². The summed E-state index contributed by atoms with van der Waals surface area (Å²) in [5.74, 6) is 0.145. The van der Waals surface area contributed by atoms with Gasteiger partial charge in [-0.05, 0) is 39.2 Å². The quantitative estimate of drug-likeness (QED) is 0.725. The van der Waals surface area contributed by atoms with Crippen molar-refractivity contribution in [3.05, 3.63) is 17.0 Å². The van der Waals surface area contributed by atoms with Crippen LogP contribution in [-0.4, -0.2) is 9.78 Å². The van der Waals surface area contributed by atoms with Crippen LogP contribution in [0.15, 0.2) is 0 Å². The molecule has 0 aliphatic heterocycles. The molecule has 1 aliphatic carbocycles. The van der Waals surface area contributed by atoms with Crippen LogP contribution in [0.5, 0.6) is 0 Å². The largest absolute Gasteiger partial charge is 0.265 e. The summed E-state index contributed by atoms with van der Waals surface area (Å²) in [6.45, 7) is 6.26. The lowest BCUT2D eigenvalue weighted by Gasteiger charge is -2.28. The molecule has 0 amide bonds. The number of hydrogen-bond acceptors (Lipinski definition) is 2. The molecule has 3 heteroatoms. The van der Waals surface area contributed by atoms with Gasteiger partial charge in [0.05, 0.1) is 23.7 Å². The average molecular weight is 217 g/mol. The maximum atomic E-state index is 9.20. The van der Waals surface area contributed by atoms with Crippen molar-refractivity contribution < 1.29 is 0 Å². The summed E-state index contributed by atoms with van der Waals surface area (Å²) in [6, 6.07) is 2.74. The molecule has 0 spiro atoms. The molecule has 0 saturated heterocycles. The second kappa shape index (κ2) is 4.29. The van der Waals surface area contributed by atoms with Gasteiger partial charge >= 0.3 is 0 Å². The van der Waals surface area contributed by atoms with E-state index in [1.165, 1.54) is 24.1 Å².